The van der Waals surface area contributed by atoms with Crippen molar-refractivity contribution in [2.24, 2.45) is 0 Å². The zero-order valence-corrected chi connectivity index (χ0v) is 56.8. The summed E-state index contributed by atoms with van der Waals surface area (Å²) in [6, 6.07) is 0. The fourth-order valence-corrected chi connectivity index (χ4v) is 11.3. The molecular formula is C75H144NO8+. The molecular weight excluding hydrogens is 1040 g/mol. The Bertz CT molecular complexity index is 1430. The van der Waals surface area contributed by atoms with Crippen molar-refractivity contribution in [1.29, 1.82) is 0 Å². The minimum atomic E-state index is -1.51. The van der Waals surface area contributed by atoms with Gasteiger partial charge in [-0.2, -0.15) is 0 Å². The molecule has 496 valence electrons. The van der Waals surface area contributed by atoms with Crippen LogP contribution in [-0.2, 0) is 33.3 Å². The van der Waals surface area contributed by atoms with Crippen LogP contribution in [0.1, 0.15) is 380 Å². The highest BCUT2D eigenvalue weighted by Crippen LogP contribution is 2.20. The first-order valence-electron chi connectivity index (χ1n) is 37.0. The van der Waals surface area contributed by atoms with Crippen molar-refractivity contribution in [3.05, 3.63) is 24.3 Å². The summed E-state index contributed by atoms with van der Waals surface area (Å²) in [5.74, 6) is -1.98. The fraction of sp³-hybridized carbons (Fsp3) is 0.907. The molecule has 0 aromatic carbocycles. The molecule has 0 aromatic heterocycles. The number of hydrogen-bond donors (Lipinski definition) is 1. The number of esters is 2. The van der Waals surface area contributed by atoms with Crippen LogP contribution in [0.3, 0.4) is 0 Å². The third kappa shape index (κ3) is 67.3. The van der Waals surface area contributed by atoms with Crippen LogP contribution in [0.5, 0.6) is 0 Å². The number of likely N-dealkylation sites (N-methyl/N-ethyl adjacent to an activating group) is 1. The van der Waals surface area contributed by atoms with E-state index in [9.17, 15) is 19.5 Å². The van der Waals surface area contributed by atoms with E-state index >= 15 is 0 Å². The Morgan fingerprint density at radius 1 is 0.357 bits per heavy atom. The first kappa shape index (κ1) is 81.8. The number of quaternary nitrogens is 1. The number of carbonyl (C=O) groups excluding carboxylic acids is 2. The van der Waals surface area contributed by atoms with Crippen molar-refractivity contribution in [2.45, 2.75) is 392 Å². The Hall–Kier alpha value is -2.23. The topological polar surface area (TPSA) is 108 Å². The smallest absolute Gasteiger partial charge is 0.361 e. The molecule has 1 N–H and O–H groups in total. The average molecular weight is 1190 g/mol. The molecule has 0 rings (SSSR count). The lowest BCUT2D eigenvalue weighted by atomic mass is 10.0. The second kappa shape index (κ2) is 66.7. The van der Waals surface area contributed by atoms with Gasteiger partial charge in [0.05, 0.1) is 34.4 Å². The molecule has 2 unspecified atom stereocenters. The van der Waals surface area contributed by atoms with Crippen molar-refractivity contribution in [3.63, 3.8) is 0 Å². The van der Waals surface area contributed by atoms with Gasteiger partial charge in [0.15, 0.2) is 6.10 Å². The summed E-state index contributed by atoms with van der Waals surface area (Å²) in [4.78, 5) is 37.6. The van der Waals surface area contributed by atoms with E-state index in [1.54, 1.807) is 0 Å². The third-order valence-electron chi connectivity index (χ3n) is 17.0. The van der Waals surface area contributed by atoms with Gasteiger partial charge >= 0.3 is 17.9 Å². The average Bonchev–Trinajstić information content (AvgIpc) is 3.55. The van der Waals surface area contributed by atoms with E-state index in [0.29, 0.717) is 17.4 Å². The van der Waals surface area contributed by atoms with Crippen molar-refractivity contribution >= 4 is 17.9 Å². The van der Waals surface area contributed by atoms with Crippen LogP contribution >= 0.6 is 0 Å². The van der Waals surface area contributed by atoms with E-state index in [1.165, 1.54) is 302 Å². The molecule has 0 radical (unpaired) electrons. The maximum atomic E-state index is 12.9. The number of ether oxygens (including phenoxy) is 4. The van der Waals surface area contributed by atoms with Crippen LogP contribution in [0.2, 0.25) is 0 Å². The van der Waals surface area contributed by atoms with Crippen LogP contribution < -0.4 is 0 Å². The van der Waals surface area contributed by atoms with E-state index in [4.69, 9.17) is 18.9 Å². The molecule has 0 bridgehead atoms. The van der Waals surface area contributed by atoms with Crippen molar-refractivity contribution in [1.82, 2.24) is 0 Å². The van der Waals surface area contributed by atoms with Gasteiger partial charge < -0.3 is 28.5 Å². The predicted molar refractivity (Wildman–Crippen MR) is 360 cm³/mol. The zero-order chi connectivity index (χ0) is 61.2. The number of carboxylic acids is 1. The van der Waals surface area contributed by atoms with Crippen LogP contribution in [0.15, 0.2) is 24.3 Å². The number of carbonyl (C=O) groups is 3. The summed E-state index contributed by atoms with van der Waals surface area (Å²) < 4.78 is 23.0. The molecule has 0 saturated carbocycles. The molecule has 0 aromatic rings. The van der Waals surface area contributed by atoms with Crippen LogP contribution in [0, 0.1) is 0 Å². The number of hydrogen-bond acceptors (Lipinski definition) is 7. The number of rotatable bonds is 70. The normalized spacial score (nSPS) is 12.7. The first-order valence-corrected chi connectivity index (χ1v) is 37.0. The standard InChI is InChI=1S/C75H143NO8/c1-6-8-10-12-14-16-18-20-22-24-26-27-28-29-30-31-32-33-34-35-36-37-38-39-40-41-42-43-44-45-46-48-49-51-53-55-57-59-61-63-65-72(77)82-69-71(70-83-75(74(79)80)81-68-67-76(3,4)5)84-73(78)66-64-62-60-58-56-54-52-50-47-25-23-21-19-17-15-13-11-9-7-2/h15,17,21,23,71,75H,6-14,16,18-20,22,24-70H2,1-5H3/p+1/b17-15-,23-21-. The highest BCUT2D eigenvalue weighted by Gasteiger charge is 2.25. The molecule has 2 atom stereocenters. The Kier molecular flexibility index (Phi) is 64.9. The van der Waals surface area contributed by atoms with Gasteiger partial charge in [-0.05, 0) is 44.9 Å². The van der Waals surface area contributed by atoms with Crippen LogP contribution in [0.25, 0.3) is 0 Å². The monoisotopic (exact) mass is 1190 g/mol. The summed E-state index contributed by atoms with van der Waals surface area (Å²) in [5.41, 5.74) is 0. The molecule has 0 aliphatic heterocycles. The van der Waals surface area contributed by atoms with E-state index in [0.717, 1.165) is 51.4 Å². The summed E-state index contributed by atoms with van der Waals surface area (Å²) in [6.07, 6.45) is 80.5. The molecule has 0 amide bonds. The molecule has 0 aliphatic carbocycles. The highest BCUT2D eigenvalue weighted by atomic mass is 16.7. The zero-order valence-electron chi connectivity index (χ0n) is 56.8. The summed E-state index contributed by atoms with van der Waals surface area (Å²) in [7, 11) is 5.99. The number of nitrogens with zero attached hydrogens (tertiary/aromatic N) is 1. The Morgan fingerprint density at radius 2 is 0.643 bits per heavy atom. The van der Waals surface area contributed by atoms with Crippen molar-refractivity contribution < 1.29 is 42.9 Å². The minimum Gasteiger partial charge on any atom is -0.477 e. The number of allylic oxidation sites excluding steroid dienone is 4. The quantitative estimate of drug-likeness (QED) is 0.0211. The van der Waals surface area contributed by atoms with Gasteiger partial charge in [0.2, 0.25) is 0 Å². The second-order valence-electron chi connectivity index (χ2n) is 26.6. The number of aliphatic carboxylic acids is 1. The Labute approximate surface area is 522 Å². The van der Waals surface area contributed by atoms with E-state index in [2.05, 4.69) is 38.2 Å². The van der Waals surface area contributed by atoms with Gasteiger partial charge in [-0.15, -0.1) is 0 Å². The Balaban J connectivity index is 3.90. The lowest BCUT2D eigenvalue weighted by Crippen LogP contribution is -2.40. The number of carboxylic acid groups (broad SMARTS) is 1. The van der Waals surface area contributed by atoms with Crippen LogP contribution in [-0.4, -0.2) is 87.4 Å². The maximum Gasteiger partial charge on any atom is 0.361 e. The fourth-order valence-electron chi connectivity index (χ4n) is 11.3. The lowest BCUT2D eigenvalue weighted by Gasteiger charge is -2.25. The summed E-state index contributed by atoms with van der Waals surface area (Å²) in [6.45, 7) is 4.91. The molecule has 0 heterocycles. The lowest BCUT2D eigenvalue weighted by molar-refractivity contribution is -0.870. The molecule has 9 heteroatoms. The van der Waals surface area contributed by atoms with Gasteiger partial charge in [-0.1, -0.05) is 346 Å². The van der Waals surface area contributed by atoms with Gasteiger partial charge in [0, 0.05) is 12.8 Å². The van der Waals surface area contributed by atoms with Gasteiger partial charge in [0.25, 0.3) is 6.29 Å². The summed E-state index contributed by atoms with van der Waals surface area (Å²) in [5, 5.41) is 9.74. The Morgan fingerprint density at radius 3 is 0.964 bits per heavy atom. The van der Waals surface area contributed by atoms with E-state index in [-0.39, 0.29) is 32.2 Å². The molecule has 0 spiro atoms. The van der Waals surface area contributed by atoms with E-state index < -0.39 is 24.3 Å². The number of unbranched alkanes of at least 4 members (excludes halogenated alkanes) is 51. The third-order valence-corrected chi connectivity index (χ3v) is 17.0. The highest BCUT2D eigenvalue weighted by molar-refractivity contribution is 5.71. The predicted octanol–water partition coefficient (Wildman–Crippen LogP) is 23.0. The molecule has 0 aliphatic rings. The molecule has 84 heavy (non-hydrogen) atoms. The van der Waals surface area contributed by atoms with E-state index in [1.807, 2.05) is 21.1 Å². The van der Waals surface area contributed by atoms with Gasteiger partial charge in [-0.25, -0.2) is 4.79 Å². The SMILES string of the molecule is CCCCC/C=C\C/C=C\CCCCCCCCCCCC(=O)OC(COC(=O)CCCCCCCCCCCCCCCCCCCCCCCCCCCCCCCCCCCCCCCCCC)COC(OCC[N+](C)(C)C)C(=O)O. The van der Waals surface area contributed by atoms with Gasteiger partial charge in [0.1, 0.15) is 13.2 Å². The molecule has 0 fully saturated rings. The maximum absolute atomic E-state index is 12.9. The van der Waals surface area contributed by atoms with Crippen molar-refractivity contribution in [3.8, 4) is 0 Å². The molecule has 9 nitrogen and oxygen atoms in total. The second-order valence-corrected chi connectivity index (χ2v) is 26.6. The van der Waals surface area contributed by atoms with Crippen molar-refractivity contribution in [2.75, 3.05) is 47.5 Å². The molecule has 0 saturated heterocycles. The summed E-state index contributed by atoms with van der Waals surface area (Å²) >= 11 is 0. The largest absolute Gasteiger partial charge is 0.477 e. The van der Waals surface area contributed by atoms with Crippen LogP contribution in [0.4, 0.5) is 0 Å². The first-order chi connectivity index (χ1) is 41.1. The minimum absolute atomic E-state index is 0.178. The van der Waals surface area contributed by atoms with Gasteiger partial charge in [-0.3, -0.25) is 9.59 Å².